The fourth-order valence-corrected chi connectivity index (χ4v) is 2.07. The molecule has 28 heavy (non-hydrogen) atoms. The molecule has 0 spiro atoms. The molecule has 0 unspecified atom stereocenters. The lowest BCUT2D eigenvalue weighted by molar-refractivity contribution is -0.137. The van der Waals surface area contributed by atoms with E-state index in [0.717, 1.165) is 12.1 Å². The second-order valence-corrected chi connectivity index (χ2v) is 5.23. The maximum Gasteiger partial charge on any atom is 0.416 e. The topological polar surface area (TPSA) is 73.1 Å². The van der Waals surface area contributed by atoms with Crippen molar-refractivity contribution in [1.29, 1.82) is 0 Å². The molecule has 0 fully saturated rings. The minimum Gasteiger partial charge on any atom is -0.494 e. The van der Waals surface area contributed by atoms with Gasteiger partial charge in [-0.3, -0.25) is 15.0 Å². The Labute approximate surface area is 159 Å². The molecular weight excluding hydrogens is 375 g/mol. The van der Waals surface area contributed by atoms with E-state index < -0.39 is 17.7 Å². The summed E-state index contributed by atoms with van der Waals surface area (Å²) < 4.78 is 48.1. The summed E-state index contributed by atoms with van der Waals surface area (Å²) in [7, 11) is 2.60. The number of ether oxygens (including phenoxy) is 2. The zero-order chi connectivity index (χ0) is 20.6. The van der Waals surface area contributed by atoms with Gasteiger partial charge < -0.3 is 9.47 Å². The molecule has 0 aliphatic rings. The number of esters is 1. The first-order valence-electron chi connectivity index (χ1n) is 7.87. The minimum atomic E-state index is -4.48. The number of benzene rings is 1. The first-order valence-corrected chi connectivity index (χ1v) is 7.87. The lowest BCUT2D eigenvalue weighted by Crippen LogP contribution is -2.04. The predicted octanol–water partition coefficient (Wildman–Crippen LogP) is 4.40. The number of pyridine rings is 1. The molecule has 0 aliphatic carbocycles. The van der Waals surface area contributed by atoms with Crippen molar-refractivity contribution in [3.05, 3.63) is 53.9 Å². The van der Waals surface area contributed by atoms with Gasteiger partial charge in [0.2, 0.25) is 0 Å². The molecule has 1 aromatic carbocycles. The van der Waals surface area contributed by atoms with Crippen molar-refractivity contribution >= 4 is 35.8 Å². The van der Waals surface area contributed by atoms with Crippen LogP contribution in [0.3, 0.4) is 0 Å². The quantitative estimate of drug-likeness (QED) is 0.416. The Hall–Kier alpha value is -3.49. The first kappa shape index (κ1) is 20.8. The van der Waals surface area contributed by atoms with Gasteiger partial charge in [0.05, 0.1) is 25.5 Å². The molecule has 0 saturated carbocycles. The Morgan fingerprint density at radius 1 is 1.11 bits per heavy atom. The van der Waals surface area contributed by atoms with Crippen LogP contribution in [-0.4, -0.2) is 37.6 Å². The van der Waals surface area contributed by atoms with Crippen molar-refractivity contribution in [2.24, 2.45) is 9.98 Å². The van der Waals surface area contributed by atoms with E-state index in [1.807, 2.05) is 0 Å². The van der Waals surface area contributed by atoms with Gasteiger partial charge in [0.25, 0.3) is 0 Å². The molecule has 6 nitrogen and oxygen atoms in total. The summed E-state index contributed by atoms with van der Waals surface area (Å²) >= 11 is 0. The molecule has 2 rings (SSSR count). The third kappa shape index (κ3) is 5.76. The number of aliphatic imine (C=N–C) groups is 2. The van der Waals surface area contributed by atoms with Crippen molar-refractivity contribution in [2.75, 3.05) is 14.2 Å². The molecule has 0 saturated heterocycles. The average Bonchev–Trinajstić information content (AvgIpc) is 2.69. The molecule has 2 aromatic rings. The standard InChI is InChI=1S/C19H16F3N3O3/c1-27-17-5-4-14(19(20,21)22)11-16(17)25-10-9-24-15-7-8-23-12-13(15)3-6-18(26)28-2/h3-12H,1-2H3/b6-3+,24-9?,25-10?. The van der Waals surface area contributed by atoms with Crippen LogP contribution < -0.4 is 4.74 Å². The highest BCUT2D eigenvalue weighted by atomic mass is 19.4. The van der Waals surface area contributed by atoms with Gasteiger partial charge in [0.15, 0.2) is 0 Å². The molecule has 0 radical (unpaired) electrons. The Kier molecular flexibility index (Phi) is 7.02. The van der Waals surface area contributed by atoms with E-state index in [1.54, 1.807) is 6.07 Å². The second kappa shape index (κ2) is 9.45. The van der Waals surface area contributed by atoms with Gasteiger partial charge in [-0.25, -0.2) is 4.79 Å². The highest BCUT2D eigenvalue weighted by Gasteiger charge is 2.31. The third-order valence-corrected chi connectivity index (χ3v) is 3.43. The maximum atomic E-state index is 12.8. The summed E-state index contributed by atoms with van der Waals surface area (Å²) in [6.45, 7) is 0. The van der Waals surface area contributed by atoms with Crippen LogP contribution in [-0.2, 0) is 15.7 Å². The Balaban J connectivity index is 2.23. The van der Waals surface area contributed by atoms with Crippen molar-refractivity contribution in [2.45, 2.75) is 6.18 Å². The smallest absolute Gasteiger partial charge is 0.416 e. The van der Waals surface area contributed by atoms with Crippen LogP contribution in [0.4, 0.5) is 24.5 Å². The zero-order valence-corrected chi connectivity index (χ0v) is 15.0. The summed E-state index contributed by atoms with van der Waals surface area (Å²) in [5, 5.41) is 0. The Bertz CT molecular complexity index is 922. The molecule has 146 valence electrons. The van der Waals surface area contributed by atoms with E-state index >= 15 is 0 Å². The number of aromatic nitrogens is 1. The van der Waals surface area contributed by atoms with Crippen LogP contribution in [0.1, 0.15) is 11.1 Å². The highest BCUT2D eigenvalue weighted by Crippen LogP contribution is 2.36. The Morgan fingerprint density at radius 2 is 1.82 bits per heavy atom. The summed E-state index contributed by atoms with van der Waals surface area (Å²) in [5.41, 5.74) is 0.220. The van der Waals surface area contributed by atoms with E-state index in [0.29, 0.717) is 11.3 Å². The van der Waals surface area contributed by atoms with Crippen molar-refractivity contribution in [1.82, 2.24) is 4.98 Å². The fraction of sp³-hybridized carbons (Fsp3) is 0.158. The number of methoxy groups -OCH3 is 2. The van der Waals surface area contributed by atoms with Crippen LogP contribution in [0.2, 0.25) is 0 Å². The molecular formula is C19H16F3N3O3. The van der Waals surface area contributed by atoms with Gasteiger partial charge >= 0.3 is 12.1 Å². The number of hydrogen-bond donors (Lipinski definition) is 0. The number of hydrogen-bond acceptors (Lipinski definition) is 6. The van der Waals surface area contributed by atoms with E-state index in [2.05, 4.69) is 19.7 Å². The normalized spacial score (nSPS) is 12.2. The van der Waals surface area contributed by atoms with Crippen LogP contribution >= 0.6 is 0 Å². The molecule has 0 amide bonds. The van der Waals surface area contributed by atoms with Crippen LogP contribution in [0.5, 0.6) is 5.75 Å². The van der Waals surface area contributed by atoms with Gasteiger partial charge in [-0.2, -0.15) is 13.2 Å². The third-order valence-electron chi connectivity index (χ3n) is 3.43. The minimum absolute atomic E-state index is 0.0179. The maximum absolute atomic E-state index is 12.8. The molecule has 1 aromatic heterocycles. The van der Waals surface area contributed by atoms with E-state index in [-0.39, 0.29) is 11.4 Å². The van der Waals surface area contributed by atoms with Crippen LogP contribution in [0, 0.1) is 0 Å². The van der Waals surface area contributed by atoms with Crippen LogP contribution in [0.15, 0.2) is 52.7 Å². The molecule has 0 N–H and O–H groups in total. The van der Waals surface area contributed by atoms with E-state index in [1.165, 1.54) is 57.3 Å². The van der Waals surface area contributed by atoms with Crippen molar-refractivity contribution < 1.29 is 27.4 Å². The van der Waals surface area contributed by atoms with E-state index in [4.69, 9.17) is 4.74 Å². The number of halogens is 3. The van der Waals surface area contributed by atoms with Crippen molar-refractivity contribution in [3.63, 3.8) is 0 Å². The average molecular weight is 391 g/mol. The molecule has 0 atom stereocenters. The molecule has 0 aliphatic heterocycles. The lowest BCUT2D eigenvalue weighted by Gasteiger charge is -2.09. The number of alkyl halides is 3. The number of carbonyl (C=O) groups is 1. The fourth-order valence-electron chi connectivity index (χ4n) is 2.07. The Morgan fingerprint density at radius 3 is 2.46 bits per heavy atom. The first-order chi connectivity index (χ1) is 13.3. The summed E-state index contributed by atoms with van der Waals surface area (Å²) in [5.74, 6) is -0.333. The SMILES string of the molecule is COC(=O)/C=C/c1cnccc1N=CC=Nc1cc(C(F)(F)F)ccc1OC. The van der Waals surface area contributed by atoms with Gasteiger partial charge in [-0.1, -0.05) is 0 Å². The molecule has 9 heteroatoms. The van der Waals surface area contributed by atoms with Gasteiger partial charge in [0.1, 0.15) is 11.4 Å². The number of nitrogens with zero attached hydrogens (tertiary/aromatic N) is 3. The van der Waals surface area contributed by atoms with Crippen molar-refractivity contribution in [3.8, 4) is 5.75 Å². The van der Waals surface area contributed by atoms with Gasteiger partial charge in [0, 0.05) is 36.5 Å². The second-order valence-electron chi connectivity index (χ2n) is 5.23. The zero-order valence-electron chi connectivity index (χ0n) is 15.0. The summed E-state index contributed by atoms with van der Waals surface area (Å²) in [6.07, 6.45) is 3.78. The highest BCUT2D eigenvalue weighted by molar-refractivity contribution is 6.17. The summed E-state index contributed by atoms with van der Waals surface area (Å²) in [4.78, 5) is 23.3. The predicted molar refractivity (Wildman–Crippen MR) is 99.6 cm³/mol. The largest absolute Gasteiger partial charge is 0.494 e. The lowest BCUT2D eigenvalue weighted by atomic mass is 10.2. The molecule has 0 bridgehead atoms. The van der Waals surface area contributed by atoms with Crippen LogP contribution in [0.25, 0.3) is 6.08 Å². The monoisotopic (exact) mass is 391 g/mol. The van der Waals surface area contributed by atoms with Gasteiger partial charge in [-0.15, -0.1) is 0 Å². The number of rotatable bonds is 6. The van der Waals surface area contributed by atoms with Gasteiger partial charge in [-0.05, 0) is 30.3 Å². The number of carbonyl (C=O) groups excluding carboxylic acids is 1. The molecule has 1 heterocycles. The van der Waals surface area contributed by atoms with E-state index in [9.17, 15) is 18.0 Å². The summed E-state index contributed by atoms with van der Waals surface area (Å²) in [6, 6.07) is 4.61.